The third kappa shape index (κ3) is 8.63. The van der Waals surface area contributed by atoms with Crippen LogP contribution in [0.5, 0.6) is 5.75 Å². The van der Waals surface area contributed by atoms with Gasteiger partial charge in [0.25, 0.3) is 0 Å². The molecule has 8 atom stereocenters. The second-order valence-corrected chi connectivity index (χ2v) is 15.2. The van der Waals surface area contributed by atoms with E-state index in [2.05, 4.69) is 5.32 Å². The lowest BCUT2D eigenvalue weighted by Gasteiger charge is -2.47. The number of alkyl halides is 8. The van der Waals surface area contributed by atoms with E-state index in [0.717, 1.165) is 36.8 Å². The molecule has 0 spiro atoms. The third-order valence-corrected chi connectivity index (χ3v) is 12.2. The number of nitrogens with zero attached hydrogens (tertiary/aromatic N) is 2. The van der Waals surface area contributed by atoms with Crippen molar-refractivity contribution in [3.8, 4) is 5.75 Å². The summed E-state index contributed by atoms with van der Waals surface area (Å²) in [5, 5.41) is 11.8. The van der Waals surface area contributed by atoms with E-state index in [1.54, 1.807) is 12.1 Å². The highest BCUT2D eigenvalue weighted by atomic mass is 32.2. The lowest BCUT2D eigenvalue weighted by molar-refractivity contribution is -0.284. The summed E-state index contributed by atoms with van der Waals surface area (Å²) in [6.07, 6.45) is -7.35. The van der Waals surface area contributed by atoms with Crippen molar-refractivity contribution >= 4 is 16.9 Å². The van der Waals surface area contributed by atoms with Crippen molar-refractivity contribution in [3.63, 3.8) is 0 Å². The molecule has 2 aliphatic heterocycles. The topological polar surface area (TPSA) is 81.9 Å². The van der Waals surface area contributed by atoms with Crippen LogP contribution >= 0.6 is 0 Å². The van der Waals surface area contributed by atoms with Gasteiger partial charge in [-0.25, -0.2) is 4.79 Å². The van der Waals surface area contributed by atoms with Crippen LogP contribution in [0.2, 0.25) is 0 Å². The number of carbonyl (C=O) groups excluding carboxylic acids is 1. The van der Waals surface area contributed by atoms with E-state index in [1.807, 2.05) is 11.0 Å². The summed E-state index contributed by atoms with van der Waals surface area (Å²) in [6.45, 7) is 0.790. The maximum Gasteiger partial charge on any atom is 0.453 e. The van der Waals surface area contributed by atoms with Crippen molar-refractivity contribution in [1.82, 2.24) is 15.1 Å². The van der Waals surface area contributed by atoms with Crippen molar-refractivity contribution in [2.24, 2.45) is 17.8 Å². The molecule has 2 saturated heterocycles. The molecule has 2 aliphatic carbocycles. The molecule has 1 aromatic rings. The van der Waals surface area contributed by atoms with Gasteiger partial charge in [-0.1, -0.05) is 18.9 Å². The number of fused-ring (bicyclic) bond motifs is 3. The zero-order chi connectivity index (χ0) is 34.9. The monoisotopic (exact) mass is 717 g/mol. The first-order valence-electron chi connectivity index (χ1n) is 16.7. The maximum atomic E-state index is 13.6. The van der Waals surface area contributed by atoms with Crippen LogP contribution in [0.15, 0.2) is 18.2 Å². The number of benzene rings is 1. The van der Waals surface area contributed by atoms with Gasteiger partial charge >= 0.3 is 24.4 Å². The van der Waals surface area contributed by atoms with Gasteiger partial charge in [-0.05, 0) is 92.0 Å². The minimum atomic E-state index is -5.63. The van der Waals surface area contributed by atoms with E-state index < -0.39 is 60.6 Å². The van der Waals surface area contributed by atoms with Crippen LogP contribution in [0.3, 0.4) is 0 Å². The second-order valence-electron chi connectivity index (χ2n) is 13.5. The Morgan fingerprint density at radius 3 is 2.52 bits per heavy atom. The fourth-order valence-corrected chi connectivity index (χ4v) is 9.53. The first-order chi connectivity index (χ1) is 22.6. The highest BCUT2D eigenvalue weighted by Crippen LogP contribution is 2.53. The molecule has 0 bridgehead atoms. The Labute approximate surface area is 277 Å². The molecule has 4 aliphatic rings. The average molecular weight is 718 g/mol. The van der Waals surface area contributed by atoms with E-state index >= 15 is 0 Å². The largest absolute Gasteiger partial charge is 0.453 e. The minimum Gasteiger partial charge on any atom is -0.410 e. The van der Waals surface area contributed by atoms with Gasteiger partial charge in [0, 0.05) is 55.8 Å². The lowest BCUT2D eigenvalue weighted by Crippen LogP contribution is -2.60. The molecule has 7 nitrogen and oxygen atoms in total. The Balaban J connectivity index is 1.25. The maximum absolute atomic E-state index is 13.6. The summed E-state index contributed by atoms with van der Waals surface area (Å²) >= 11 is 0. The van der Waals surface area contributed by atoms with Crippen LogP contribution in [0.4, 0.5) is 39.9 Å². The van der Waals surface area contributed by atoms with E-state index in [9.17, 15) is 49.2 Å². The van der Waals surface area contributed by atoms with Gasteiger partial charge in [-0.2, -0.15) is 35.1 Å². The first-order valence-corrected chi connectivity index (χ1v) is 18.0. The second kappa shape index (κ2) is 15.1. The summed E-state index contributed by atoms with van der Waals surface area (Å²) in [5.74, 6) is -3.84. The Morgan fingerprint density at radius 1 is 1.04 bits per heavy atom. The first kappa shape index (κ1) is 37.2. The molecule has 1 amide bonds. The summed E-state index contributed by atoms with van der Waals surface area (Å²) in [6, 6.07) is 3.29. The molecule has 1 aromatic carbocycles. The molecule has 2 heterocycles. The molecule has 1 saturated carbocycles. The number of rotatable bonds is 12. The fourth-order valence-electron chi connectivity index (χ4n) is 8.04. The number of hydrogen-bond acceptors (Lipinski definition) is 6. The highest BCUT2D eigenvalue weighted by molar-refractivity contribution is 7.85. The highest BCUT2D eigenvalue weighted by Gasteiger charge is 2.56. The number of nitrogens with one attached hydrogen (secondary N) is 1. The average Bonchev–Trinajstić information content (AvgIpc) is 3.81. The molecule has 272 valence electrons. The standard InChI is InChI=1S/C32H43F8N3O4S/c33-30(34,32(38,39)40)10-3-15-48(46)27-19-42(27)12-9-21-16-22-17-23(47-29(45)43-13-11-41-18-26(43)31(35,36)37)7-8-24(22)25-6-1-4-20(28(21)25)5-2-14-44/h7-8,17,20-21,25-28,41,44H,1-6,9-16,18-19H2/t20?,21-,25?,26?,27?,28-,42?,48?/m1/s1. The molecular weight excluding hydrogens is 674 g/mol. The van der Waals surface area contributed by atoms with Crippen molar-refractivity contribution in [2.75, 3.05) is 45.1 Å². The molecule has 3 fully saturated rings. The zero-order valence-electron chi connectivity index (χ0n) is 26.5. The minimum absolute atomic E-state index is 0.0856. The van der Waals surface area contributed by atoms with Crippen molar-refractivity contribution < 1.29 is 54.0 Å². The predicted molar refractivity (Wildman–Crippen MR) is 162 cm³/mol. The molecule has 5 rings (SSSR count). The van der Waals surface area contributed by atoms with Crippen molar-refractivity contribution in [3.05, 3.63) is 29.3 Å². The van der Waals surface area contributed by atoms with Crippen LogP contribution in [-0.2, 0) is 17.2 Å². The van der Waals surface area contributed by atoms with Crippen LogP contribution in [0.25, 0.3) is 0 Å². The smallest absolute Gasteiger partial charge is 0.410 e. The SMILES string of the molecule is O=C(Oc1ccc2c(c1)C[C@@H](CCN1CC1S(=O)CCCC(F)(F)C(F)(F)F)[C@H]1C(CCCO)CCCC21)N1CCNCC1C(F)(F)F. The number of aliphatic hydroxyl groups excluding tert-OH is 1. The number of carbonyl (C=O) groups is 1. The molecule has 0 radical (unpaired) electrons. The van der Waals surface area contributed by atoms with Gasteiger partial charge < -0.3 is 15.2 Å². The number of hydrogen-bond donors (Lipinski definition) is 2. The van der Waals surface area contributed by atoms with Gasteiger partial charge in [0.15, 0.2) is 0 Å². The van der Waals surface area contributed by atoms with E-state index in [0.29, 0.717) is 49.1 Å². The summed E-state index contributed by atoms with van der Waals surface area (Å²) in [4.78, 5) is 15.6. The van der Waals surface area contributed by atoms with Crippen molar-refractivity contribution in [2.45, 2.75) is 93.4 Å². The van der Waals surface area contributed by atoms with Crippen molar-refractivity contribution in [1.29, 1.82) is 0 Å². The third-order valence-electron chi connectivity index (χ3n) is 10.4. The molecular formula is C32H43F8N3O4S. The Morgan fingerprint density at radius 2 is 1.81 bits per heavy atom. The Kier molecular flexibility index (Phi) is 11.7. The number of amides is 1. The van der Waals surface area contributed by atoms with E-state index in [4.69, 9.17) is 4.74 Å². The zero-order valence-corrected chi connectivity index (χ0v) is 27.3. The summed E-state index contributed by atoms with van der Waals surface area (Å²) in [7, 11) is -1.56. The number of ether oxygens (including phenoxy) is 1. The number of piperazine rings is 1. The van der Waals surface area contributed by atoms with E-state index in [-0.39, 0.29) is 48.4 Å². The van der Waals surface area contributed by atoms with Gasteiger partial charge in [0.2, 0.25) is 0 Å². The lowest BCUT2D eigenvalue weighted by atomic mass is 9.58. The van der Waals surface area contributed by atoms with E-state index in [1.165, 1.54) is 0 Å². The summed E-state index contributed by atoms with van der Waals surface area (Å²) < 4.78 is 123. The van der Waals surface area contributed by atoms with Gasteiger partial charge in [-0.3, -0.25) is 14.0 Å². The number of halogens is 8. The van der Waals surface area contributed by atoms with Gasteiger partial charge in [-0.15, -0.1) is 0 Å². The molecule has 6 unspecified atom stereocenters. The molecule has 0 aromatic heterocycles. The summed E-state index contributed by atoms with van der Waals surface area (Å²) in [5.41, 5.74) is 2.08. The Bertz CT molecular complexity index is 1300. The van der Waals surface area contributed by atoms with Gasteiger partial charge in [0.1, 0.15) is 11.8 Å². The van der Waals surface area contributed by atoms with Crippen LogP contribution in [-0.4, -0.2) is 100.0 Å². The fraction of sp³-hybridized carbons (Fsp3) is 0.781. The number of aliphatic hydroxyl groups is 1. The quantitative estimate of drug-likeness (QED) is 0.198. The molecule has 16 heteroatoms. The predicted octanol–water partition coefficient (Wildman–Crippen LogP) is 6.22. The molecule has 2 N–H and O–H groups in total. The van der Waals surface area contributed by atoms with Crippen LogP contribution in [0.1, 0.15) is 68.4 Å². The molecule has 48 heavy (non-hydrogen) atoms. The Hall–Kier alpha value is -2.04. The van der Waals surface area contributed by atoms with Crippen LogP contribution in [0, 0.1) is 17.8 Å². The van der Waals surface area contributed by atoms with Gasteiger partial charge in [0.05, 0.1) is 5.37 Å². The van der Waals surface area contributed by atoms with Crippen LogP contribution < -0.4 is 10.1 Å². The normalized spacial score (nSPS) is 29.9.